The Balaban J connectivity index is 2.16. The molecule has 8 heteroatoms. The molecule has 0 aliphatic heterocycles. The van der Waals surface area contributed by atoms with Gasteiger partial charge < -0.3 is 10.2 Å². The molecule has 0 heterocycles. The molecule has 180 valence electrons. The molecule has 0 radical (unpaired) electrons. The van der Waals surface area contributed by atoms with E-state index in [0.717, 1.165) is 22.3 Å². The van der Waals surface area contributed by atoms with Crippen LogP contribution in [0.25, 0.3) is 0 Å². The molecule has 2 aromatic rings. The lowest BCUT2D eigenvalue weighted by molar-refractivity contribution is -0.140. The smallest absolute Gasteiger partial charge is 0.242 e. The molecule has 1 unspecified atom stereocenters. The van der Waals surface area contributed by atoms with Crippen LogP contribution >= 0.6 is 0 Å². The largest absolute Gasteiger partial charge is 0.357 e. The van der Waals surface area contributed by atoms with Gasteiger partial charge in [-0.05, 0) is 62.9 Å². The second kappa shape index (κ2) is 11.3. The first-order valence-corrected chi connectivity index (χ1v) is 12.9. The lowest BCUT2D eigenvalue weighted by atomic mass is 10.1. The third-order valence-electron chi connectivity index (χ3n) is 5.53. The third kappa shape index (κ3) is 7.60. The van der Waals surface area contributed by atoms with E-state index in [-0.39, 0.29) is 24.8 Å². The Bertz CT molecular complexity index is 1060. The number of likely N-dealkylation sites (N-methyl/N-ethyl adjacent to an activating group) is 1. The highest BCUT2D eigenvalue weighted by atomic mass is 32.2. The molecule has 0 aliphatic carbocycles. The molecule has 2 rings (SSSR count). The minimum Gasteiger partial charge on any atom is -0.357 e. The van der Waals surface area contributed by atoms with Crippen molar-refractivity contribution >= 4 is 27.5 Å². The first kappa shape index (κ1) is 26.4. The highest BCUT2D eigenvalue weighted by molar-refractivity contribution is 7.92. The maximum Gasteiger partial charge on any atom is 0.242 e. The lowest BCUT2D eigenvalue weighted by Crippen LogP contribution is -2.46. The summed E-state index contributed by atoms with van der Waals surface area (Å²) in [5.74, 6) is -0.441. The molecule has 1 atom stereocenters. The zero-order valence-corrected chi connectivity index (χ0v) is 21.2. The first-order valence-electron chi connectivity index (χ1n) is 11.0. The average Bonchev–Trinajstić information content (AvgIpc) is 2.73. The number of nitrogens with one attached hydrogen (secondary N) is 1. The van der Waals surface area contributed by atoms with Gasteiger partial charge in [0.05, 0.1) is 11.9 Å². The summed E-state index contributed by atoms with van der Waals surface area (Å²) in [5, 5.41) is 2.60. The molecule has 0 fully saturated rings. The van der Waals surface area contributed by atoms with Gasteiger partial charge in [0, 0.05) is 26.6 Å². The van der Waals surface area contributed by atoms with Gasteiger partial charge in [0.25, 0.3) is 0 Å². The van der Waals surface area contributed by atoms with Crippen molar-refractivity contribution in [2.24, 2.45) is 0 Å². The summed E-state index contributed by atoms with van der Waals surface area (Å²) < 4.78 is 26.2. The van der Waals surface area contributed by atoms with Crippen LogP contribution in [-0.2, 0) is 26.2 Å². The van der Waals surface area contributed by atoms with E-state index >= 15 is 0 Å². The minimum absolute atomic E-state index is 0.129. The van der Waals surface area contributed by atoms with Crippen molar-refractivity contribution in [3.63, 3.8) is 0 Å². The first-order chi connectivity index (χ1) is 15.4. The molecule has 0 bridgehead atoms. The molecule has 7 nitrogen and oxygen atoms in total. The zero-order chi connectivity index (χ0) is 24.8. The quantitative estimate of drug-likeness (QED) is 0.574. The second-order valence-corrected chi connectivity index (χ2v) is 10.5. The summed E-state index contributed by atoms with van der Waals surface area (Å²) >= 11 is 0. The Morgan fingerprint density at radius 3 is 2.06 bits per heavy atom. The Kier molecular flexibility index (Phi) is 9.05. The van der Waals surface area contributed by atoms with Gasteiger partial charge >= 0.3 is 0 Å². The Morgan fingerprint density at radius 1 is 0.970 bits per heavy atom. The van der Waals surface area contributed by atoms with E-state index in [1.54, 1.807) is 18.9 Å². The van der Waals surface area contributed by atoms with Crippen molar-refractivity contribution in [1.82, 2.24) is 10.2 Å². The van der Waals surface area contributed by atoms with Crippen molar-refractivity contribution in [2.45, 2.75) is 53.1 Å². The van der Waals surface area contributed by atoms with Gasteiger partial charge in [0.1, 0.15) is 6.04 Å². The Hall–Kier alpha value is -2.87. The van der Waals surface area contributed by atoms with Crippen LogP contribution in [0.1, 0.15) is 42.0 Å². The summed E-state index contributed by atoms with van der Waals surface area (Å²) in [6.07, 6.45) is 1.64. The van der Waals surface area contributed by atoms with Crippen LogP contribution in [0.4, 0.5) is 5.69 Å². The molecule has 0 saturated carbocycles. The van der Waals surface area contributed by atoms with Crippen molar-refractivity contribution < 1.29 is 18.0 Å². The second-order valence-electron chi connectivity index (χ2n) is 8.58. The molecule has 0 saturated heterocycles. The van der Waals surface area contributed by atoms with E-state index < -0.39 is 16.1 Å². The third-order valence-corrected chi connectivity index (χ3v) is 6.73. The Morgan fingerprint density at radius 2 is 1.55 bits per heavy atom. The highest BCUT2D eigenvalue weighted by Crippen LogP contribution is 2.22. The van der Waals surface area contributed by atoms with E-state index in [1.165, 1.54) is 10.6 Å². The molecule has 2 aromatic carbocycles. The van der Waals surface area contributed by atoms with Gasteiger partial charge in [0.15, 0.2) is 0 Å². The molecule has 2 amide bonds. The number of aryl methyl sites for hydroxylation is 3. The monoisotopic (exact) mass is 473 g/mol. The molecular formula is C25H35N3O4S. The average molecular weight is 474 g/mol. The van der Waals surface area contributed by atoms with Gasteiger partial charge in [0.2, 0.25) is 21.8 Å². The van der Waals surface area contributed by atoms with Gasteiger partial charge in [-0.2, -0.15) is 0 Å². The topological polar surface area (TPSA) is 86.8 Å². The van der Waals surface area contributed by atoms with Crippen molar-refractivity contribution in [3.8, 4) is 0 Å². The summed E-state index contributed by atoms with van der Waals surface area (Å²) in [6, 6.07) is 12.8. The number of carbonyl (C=O) groups excluding carboxylic acids is 2. The number of anilines is 1. The van der Waals surface area contributed by atoms with Crippen LogP contribution < -0.4 is 9.62 Å². The van der Waals surface area contributed by atoms with Crippen LogP contribution in [0.15, 0.2) is 42.5 Å². The molecule has 33 heavy (non-hydrogen) atoms. The molecule has 0 aliphatic rings. The normalized spacial score (nSPS) is 12.2. The SMILES string of the molecule is CNC(=O)C(C)N(Cc1ccc(C)cc1)C(=O)CCCN(c1cc(C)cc(C)c1)S(C)(=O)=O. The summed E-state index contributed by atoms with van der Waals surface area (Å²) in [7, 11) is -1.97. The highest BCUT2D eigenvalue weighted by Gasteiger charge is 2.26. The number of carbonyl (C=O) groups is 2. The fourth-order valence-electron chi connectivity index (χ4n) is 3.78. The summed E-state index contributed by atoms with van der Waals surface area (Å²) in [4.78, 5) is 26.9. The molecule has 1 N–H and O–H groups in total. The predicted octanol–water partition coefficient (Wildman–Crippen LogP) is 3.32. The molecular weight excluding hydrogens is 438 g/mol. The standard InChI is InChI=1S/C25H35N3O4S/c1-18-9-11-22(12-10-18)17-27(21(4)25(30)26-5)24(29)8-7-13-28(33(6,31)32)23-15-19(2)14-20(3)16-23/h9-12,14-16,21H,7-8,13,17H2,1-6H3,(H,26,30). The summed E-state index contributed by atoms with van der Waals surface area (Å²) in [5.41, 5.74) is 4.58. The number of nitrogens with zero attached hydrogens (tertiary/aromatic N) is 2. The number of sulfonamides is 1. The number of amides is 2. The van der Waals surface area contributed by atoms with Gasteiger partial charge in [-0.3, -0.25) is 13.9 Å². The molecule has 0 aromatic heterocycles. The zero-order valence-electron chi connectivity index (χ0n) is 20.4. The maximum atomic E-state index is 13.1. The van der Waals surface area contributed by atoms with Crippen LogP contribution in [0.3, 0.4) is 0 Å². The predicted molar refractivity (Wildman–Crippen MR) is 133 cm³/mol. The number of benzene rings is 2. The van der Waals surface area contributed by atoms with E-state index in [9.17, 15) is 18.0 Å². The van der Waals surface area contributed by atoms with Crippen molar-refractivity contribution in [3.05, 3.63) is 64.7 Å². The van der Waals surface area contributed by atoms with E-state index in [2.05, 4.69) is 5.32 Å². The fraction of sp³-hybridized carbons (Fsp3) is 0.440. The fourth-order valence-corrected chi connectivity index (χ4v) is 4.73. The lowest BCUT2D eigenvalue weighted by Gasteiger charge is -2.29. The van der Waals surface area contributed by atoms with Crippen molar-refractivity contribution in [2.75, 3.05) is 24.2 Å². The van der Waals surface area contributed by atoms with Gasteiger partial charge in [-0.25, -0.2) is 8.42 Å². The van der Waals surface area contributed by atoms with Gasteiger partial charge in [-0.15, -0.1) is 0 Å². The maximum absolute atomic E-state index is 13.1. The van der Waals surface area contributed by atoms with Crippen LogP contribution in [0, 0.1) is 20.8 Å². The Labute approximate surface area is 197 Å². The number of hydrogen-bond donors (Lipinski definition) is 1. The minimum atomic E-state index is -3.51. The van der Waals surface area contributed by atoms with Crippen LogP contribution in [0.5, 0.6) is 0 Å². The van der Waals surface area contributed by atoms with Crippen LogP contribution in [-0.4, -0.2) is 51.0 Å². The van der Waals surface area contributed by atoms with E-state index in [0.29, 0.717) is 18.7 Å². The van der Waals surface area contributed by atoms with Gasteiger partial charge in [-0.1, -0.05) is 35.9 Å². The van der Waals surface area contributed by atoms with E-state index in [1.807, 2.05) is 63.2 Å². The summed E-state index contributed by atoms with van der Waals surface area (Å²) in [6.45, 7) is 8.01. The number of rotatable bonds is 10. The molecule has 0 spiro atoms. The van der Waals surface area contributed by atoms with Crippen molar-refractivity contribution in [1.29, 1.82) is 0 Å². The van der Waals surface area contributed by atoms with Crippen LogP contribution in [0.2, 0.25) is 0 Å². The van der Waals surface area contributed by atoms with E-state index in [4.69, 9.17) is 0 Å². The number of hydrogen-bond acceptors (Lipinski definition) is 4.